The van der Waals surface area contributed by atoms with Gasteiger partial charge in [0.15, 0.2) is 0 Å². The van der Waals surface area contributed by atoms with E-state index in [0.29, 0.717) is 6.42 Å². The zero-order chi connectivity index (χ0) is 9.68. The Labute approximate surface area is 91.7 Å². The summed E-state index contributed by atoms with van der Waals surface area (Å²) in [6.45, 7) is 0. The number of halogens is 1. The van der Waals surface area contributed by atoms with Crippen molar-refractivity contribution in [3.05, 3.63) is 35.4 Å². The molecule has 1 amide bonds. The number of amides is 1. The highest BCUT2D eigenvalue weighted by molar-refractivity contribution is 14.1. The molecule has 0 aliphatic rings. The summed E-state index contributed by atoms with van der Waals surface area (Å²) in [6.07, 6.45) is 1.18. The number of alkyl halides is 1. The van der Waals surface area contributed by atoms with E-state index in [-0.39, 0.29) is 5.91 Å². The van der Waals surface area contributed by atoms with Gasteiger partial charge < -0.3 is 5.73 Å². The second-order valence-corrected chi connectivity index (χ2v) is 3.68. The van der Waals surface area contributed by atoms with Crippen molar-refractivity contribution >= 4 is 28.5 Å². The number of benzene rings is 1. The predicted octanol–water partition coefficient (Wildman–Crippen LogP) is 2.04. The lowest BCUT2D eigenvalue weighted by Gasteiger charge is -2.00. The Morgan fingerprint density at radius 3 is 2.23 bits per heavy atom. The third-order valence-corrected chi connectivity index (χ3v) is 2.72. The van der Waals surface area contributed by atoms with Crippen LogP contribution in [0.3, 0.4) is 0 Å². The van der Waals surface area contributed by atoms with Crippen molar-refractivity contribution < 1.29 is 4.79 Å². The topological polar surface area (TPSA) is 43.1 Å². The summed E-state index contributed by atoms with van der Waals surface area (Å²) in [6, 6.07) is 8.28. The van der Waals surface area contributed by atoms with Crippen LogP contribution in [0.2, 0.25) is 0 Å². The summed E-state index contributed by atoms with van der Waals surface area (Å²) in [4.78, 5) is 10.5. The van der Waals surface area contributed by atoms with Gasteiger partial charge in [-0.3, -0.25) is 4.79 Å². The van der Waals surface area contributed by atoms with Crippen molar-refractivity contribution in [3.63, 3.8) is 0 Å². The largest absolute Gasteiger partial charge is 0.370 e. The molecule has 0 aromatic heterocycles. The van der Waals surface area contributed by atoms with E-state index in [1.807, 2.05) is 0 Å². The van der Waals surface area contributed by atoms with Crippen LogP contribution in [0.25, 0.3) is 0 Å². The number of carbonyl (C=O) groups excluding carboxylic acids is 1. The average Bonchev–Trinajstić information content (AvgIpc) is 2.15. The minimum absolute atomic E-state index is 0.238. The van der Waals surface area contributed by atoms with Crippen molar-refractivity contribution in [3.8, 4) is 0 Å². The number of aryl methyl sites for hydroxylation is 1. The Morgan fingerprint density at radius 2 is 1.77 bits per heavy atom. The molecule has 0 aliphatic heterocycles. The maximum absolute atomic E-state index is 10.5. The van der Waals surface area contributed by atoms with E-state index in [1.54, 1.807) is 0 Å². The lowest BCUT2D eigenvalue weighted by molar-refractivity contribution is -0.117. The van der Waals surface area contributed by atoms with E-state index >= 15 is 0 Å². The third kappa shape index (κ3) is 3.76. The number of rotatable bonds is 4. The van der Waals surface area contributed by atoms with Gasteiger partial charge in [0.05, 0.1) is 0 Å². The van der Waals surface area contributed by atoms with Crippen LogP contribution in [0.1, 0.15) is 17.5 Å². The van der Waals surface area contributed by atoms with Crippen LogP contribution in [0.5, 0.6) is 0 Å². The lowest BCUT2D eigenvalue weighted by atomic mass is 10.1. The Hall–Kier alpha value is -0.580. The molecule has 13 heavy (non-hydrogen) atoms. The Balaban J connectivity index is 2.54. The highest BCUT2D eigenvalue weighted by Crippen LogP contribution is 2.09. The van der Waals surface area contributed by atoms with Crippen LogP contribution in [0.15, 0.2) is 24.3 Å². The van der Waals surface area contributed by atoms with Gasteiger partial charge in [-0.2, -0.15) is 0 Å². The molecule has 1 rings (SSSR count). The number of hydrogen-bond acceptors (Lipinski definition) is 1. The fraction of sp³-hybridized carbons (Fsp3) is 0.300. The summed E-state index contributed by atoms with van der Waals surface area (Å²) in [5, 5.41) is 0. The second-order valence-electron chi connectivity index (χ2n) is 2.92. The molecule has 1 aromatic carbocycles. The Bertz CT molecular complexity index is 281. The predicted molar refractivity (Wildman–Crippen MR) is 61.7 cm³/mol. The number of primary amides is 1. The number of hydrogen-bond donors (Lipinski definition) is 1. The third-order valence-electron chi connectivity index (χ3n) is 1.84. The van der Waals surface area contributed by atoms with Gasteiger partial charge in [-0.05, 0) is 17.5 Å². The molecule has 0 radical (unpaired) electrons. The number of nitrogens with two attached hydrogens (primary N) is 1. The van der Waals surface area contributed by atoms with E-state index in [0.717, 1.165) is 10.8 Å². The first-order chi connectivity index (χ1) is 6.22. The molecular formula is C10H12INO. The van der Waals surface area contributed by atoms with Gasteiger partial charge in [0.2, 0.25) is 5.91 Å². The van der Waals surface area contributed by atoms with E-state index in [4.69, 9.17) is 5.73 Å². The van der Waals surface area contributed by atoms with Crippen LogP contribution in [0.4, 0.5) is 0 Å². The molecular weight excluding hydrogens is 277 g/mol. The smallest absolute Gasteiger partial charge is 0.217 e. The van der Waals surface area contributed by atoms with Crippen molar-refractivity contribution in [1.29, 1.82) is 0 Å². The Kier molecular flexibility index (Phi) is 4.21. The first kappa shape index (κ1) is 10.5. The zero-order valence-corrected chi connectivity index (χ0v) is 9.45. The monoisotopic (exact) mass is 289 g/mol. The van der Waals surface area contributed by atoms with E-state index in [2.05, 4.69) is 46.9 Å². The van der Waals surface area contributed by atoms with Crippen LogP contribution < -0.4 is 5.73 Å². The fourth-order valence-electron chi connectivity index (χ4n) is 1.06. The van der Waals surface area contributed by atoms with Crippen LogP contribution >= 0.6 is 22.6 Å². The van der Waals surface area contributed by atoms with Gasteiger partial charge >= 0.3 is 0 Å². The van der Waals surface area contributed by atoms with E-state index in [9.17, 15) is 4.79 Å². The molecule has 0 bridgehead atoms. The van der Waals surface area contributed by atoms with Crippen molar-refractivity contribution in [1.82, 2.24) is 0 Å². The van der Waals surface area contributed by atoms with Gasteiger partial charge in [-0.15, -0.1) is 0 Å². The molecule has 0 unspecified atom stereocenters. The summed E-state index contributed by atoms with van der Waals surface area (Å²) >= 11 is 2.32. The molecule has 0 atom stereocenters. The Morgan fingerprint density at radius 1 is 1.23 bits per heavy atom. The molecule has 2 N–H and O–H groups in total. The molecule has 2 nitrogen and oxygen atoms in total. The SMILES string of the molecule is NC(=O)CCc1ccc(CI)cc1. The lowest BCUT2D eigenvalue weighted by Crippen LogP contribution is -2.11. The highest BCUT2D eigenvalue weighted by atomic mass is 127. The van der Waals surface area contributed by atoms with Gasteiger partial charge in [-0.25, -0.2) is 0 Å². The normalized spacial score (nSPS) is 9.92. The minimum Gasteiger partial charge on any atom is -0.370 e. The van der Waals surface area contributed by atoms with Gasteiger partial charge in [0, 0.05) is 10.8 Å². The molecule has 0 heterocycles. The zero-order valence-electron chi connectivity index (χ0n) is 7.29. The fourth-order valence-corrected chi connectivity index (χ4v) is 1.57. The maximum Gasteiger partial charge on any atom is 0.217 e. The minimum atomic E-state index is -0.238. The maximum atomic E-state index is 10.5. The van der Waals surface area contributed by atoms with E-state index < -0.39 is 0 Å². The first-order valence-electron chi connectivity index (χ1n) is 4.14. The quantitative estimate of drug-likeness (QED) is 0.669. The molecule has 0 saturated heterocycles. The van der Waals surface area contributed by atoms with Crippen LogP contribution in [-0.2, 0) is 15.6 Å². The summed E-state index contributed by atoms with van der Waals surface area (Å²) in [5.74, 6) is -0.238. The molecule has 0 fully saturated rings. The summed E-state index contributed by atoms with van der Waals surface area (Å²) < 4.78 is 1.02. The molecule has 0 saturated carbocycles. The number of carbonyl (C=O) groups is 1. The molecule has 0 aliphatic carbocycles. The molecule has 1 aromatic rings. The summed E-state index contributed by atoms with van der Waals surface area (Å²) in [5.41, 5.74) is 7.54. The molecule has 70 valence electrons. The second kappa shape index (κ2) is 5.21. The standard InChI is InChI=1S/C10H12INO/c11-7-9-3-1-8(2-4-9)5-6-10(12)13/h1-4H,5-7H2,(H2,12,13). The van der Waals surface area contributed by atoms with Gasteiger partial charge in [0.25, 0.3) is 0 Å². The van der Waals surface area contributed by atoms with Crippen molar-refractivity contribution in [2.24, 2.45) is 5.73 Å². The van der Waals surface area contributed by atoms with Crippen molar-refractivity contribution in [2.45, 2.75) is 17.3 Å². The van der Waals surface area contributed by atoms with Gasteiger partial charge in [-0.1, -0.05) is 46.9 Å². The first-order valence-corrected chi connectivity index (χ1v) is 5.67. The molecule has 0 spiro atoms. The molecule has 3 heteroatoms. The van der Waals surface area contributed by atoms with Crippen molar-refractivity contribution in [2.75, 3.05) is 0 Å². The van der Waals surface area contributed by atoms with Crippen LogP contribution in [-0.4, -0.2) is 5.91 Å². The van der Waals surface area contributed by atoms with E-state index in [1.165, 1.54) is 11.1 Å². The van der Waals surface area contributed by atoms with Crippen LogP contribution in [0, 0.1) is 0 Å². The summed E-state index contributed by atoms with van der Waals surface area (Å²) in [7, 11) is 0. The average molecular weight is 289 g/mol. The van der Waals surface area contributed by atoms with Gasteiger partial charge in [0.1, 0.15) is 0 Å². The highest BCUT2D eigenvalue weighted by Gasteiger charge is 1.97.